The first kappa shape index (κ1) is 17.9. The Morgan fingerprint density at radius 1 is 1.19 bits per heavy atom. The molecule has 2 fully saturated rings. The third-order valence-corrected chi connectivity index (χ3v) is 4.57. The van der Waals surface area contributed by atoms with Gasteiger partial charge in [-0.25, -0.2) is 0 Å². The van der Waals surface area contributed by atoms with Gasteiger partial charge < -0.3 is 14.3 Å². The molecule has 2 saturated carbocycles. The van der Waals surface area contributed by atoms with Crippen LogP contribution in [0.1, 0.15) is 64.7 Å². The van der Waals surface area contributed by atoms with Crippen molar-refractivity contribution in [1.29, 1.82) is 0 Å². The number of rotatable bonds is 8. The van der Waals surface area contributed by atoms with Crippen LogP contribution in [-0.4, -0.2) is 25.1 Å². The number of esters is 1. The van der Waals surface area contributed by atoms with Crippen LogP contribution in [-0.2, 0) is 19.1 Å². The van der Waals surface area contributed by atoms with E-state index >= 15 is 0 Å². The molecule has 0 spiro atoms. The van der Waals surface area contributed by atoms with Crippen molar-refractivity contribution in [3.63, 3.8) is 0 Å². The highest BCUT2D eigenvalue weighted by Gasteiger charge is 2.27. The summed E-state index contributed by atoms with van der Waals surface area (Å²) in [7, 11) is 0. The fourth-order valence-corrected chi connectivity index (χ4v) is 2.67. The first-order chi connectivity index (χ1) is 10.2. The summed E-state index contributed by atoms with van der Waals surface area (Å²) in [5.74, 6) is 1.19. The average molecular weight is 296 g/mol. The van der Waals surface area contributed by atoms with E-state index in [2.05, 4.69) is 0 Å². The van der Waals surface area contributed by atoms with E-state index in [1.165, 1.54) is 25.7 Å². The Morgan fingerprint density at radius 3 is 2.19 bits per heavy atom. The molecule has 0 N–H and O–H groups in total. The second kappa shape index (κ2) is 10.5. The largest absolute Gasteiger partial charge is 0.466 e. The van der Waals surface area contributed by atoms with Crippen LogP contribution in [0.25, 0.3) is 0 Å². The summed E-state index contributed by atoms with van der Waals surface area (Å²) in [5.41, 5.74) is 0. The molecule has 0 amide bonds. The van der Waals surface area contributed by atoms with Gasteiger partial charge in [0.05, 0.1) is 6.61 Å². The van der Waals surface area contributed by atoms with E-state index in [0.717, 1.165) is 37.8 Å². The molecular formula is C17H28O4. The summed E-state index contributed by atoms with van der Waals surface area (Å²) in [5, 5.41) is 0. The Hall–Kier alpha value is -1.19. The monoisotopic (exact) mass is 296 g/mol. The quantitative estimate of drug-likeness (QED) is 0.509. The van der Waals surface area contributed by atoms with Crippen LogP contribution >= 0.6 is 0 Å². The smallest absolute Gasteiger partial charge is 0.305 e. The van der Waals surface area contributed by atoms with Crippen molar-refractivity contribution in [3.8, 4) is 0 Å². The van der Waals surface area contributed by atoms with Crippen LogP contribution in [0.4, 0.5) is 0 Å². The van der Waals surface area contributed by atoms with Crippen molar-refractivity contribution < 1.29 is 19.1 Å². The minimum atomic E-state index is -0.182. The third-order valence-electron chi connectivity index (χ3n) is 4.57. The minimum Gasteiger partial charge on any atom is -0.466 e. The lowest BCUT2D eigenvalue weighted by Gasteiger charge is -2.30. The van der Waals surface area contributed by atoms with Gasteiger partial charge in [0.25, 0.3) is 0 Å². The molecule has 0 bridgehead atoms. The lowest BCUT2D eigenvalue weighted by molar-refractivity contribution is -0.143. The summed E-state index contributed by atoms with van der Waals surface area (Å²) >= 11 is 0. The van der Waals surface area contributed by atoms with Gasteiger partial charge in [-0.05, 0) is 38.0 Å². The molecule has 21 heavy (non-hydrogen) atoms. The van der Waals surface area contributed by atoms with E-state index in [1.54, 1.807) is 6.92 Å². The molecule has 0 aliphatic heterocycles. The van der Waals surface area contributed by atoms with Crippen LogP contribution in [0.5, 0.6) is 0 Å². The molecule has 2 aliphatic carbocycles. The molecule has 0 aromatic heterocycles. The molecule has 2 aliphatic rings. The van der Waals surface area contributed by atoms with E-state index in [9.17, 15) is 14.4 Å². The van der Waals surface area contributed by atoms with Gasteiger partial charge in [0.1, 0.15) is 12.6 Å². The maximum absolute atomic E-state index is 11.1. The van der Waals surface area contributed by atoms with Crippen LogP contribution in [0.15, 0.2) is 0 Å². The predicted octanol–water partition coefficient (Wildman–Crippen LogP) is 3.32. The van der Waals surface area contributed by atoms with Crippen molar-refractivity contribution in [2.75, 3.05) is 6.61 Å². The number of ether oxygens (including phenoxy) is 1. The summed E-state index contributed by atoms with van der Waals surface area (Å²) in [6, 6.07) is 0. The summed E-state index contributed by atoms with van der Waals surface area (Å²) in [4.78, 5) is 31.6. The van der Waals surface area contributed by atoms with Crippen molar-refractivity contribution >= 4 is 18.5 Å². The molecule has 1 unspecified atom stereocenters. The summed E-state index contributed by atoms with van der Waals surface area (Å²) in [6.07, 6.45) is 11.3. The zero-order valence-electron chi connectivity index (χ0n) is 13.1. The molecule has 0 saturated heterocycles. The SMILES string of the molecule is CCOC(=O)CCC(C=O)C1CCC1.O=CCC1CCC1. The maximum Gasteiger partial charge on any atom is 0.305 e. The first-order valence-electron chi connectivity index (χ1n) is 8.25. The fourth-order valence-electron chi connectivity index (χ4n) is 2.67. The lowest BCUT2D eigenvalue weighted by atomic mass is 9.75. The van der Waals surface area contributed by atoms with Gasteiger partial charge in [-0.1, -0.05) is 25.7 Å². The lowest BCUT2D eigenvalue weighted by Crippen LogP contribution is -2.24. The second-order valence-electron chi connectivity index (χ2n) is 6.03. The van der Waals surface area contributed by atoms with Crippen LogP contribution in [0.2, 0.25) is 0 Å². The highest BCUT2D eigenvalue weighted by molar-refractivity contribution is 5.70. The fraction of sp³-hybridized carbons (Fsp3) is 0.824. The average Bonchev–Trinajstić information content (AvgIpc) is 2.37. The second-order valence-corrected chi connectivity index (χ2v) is 6.03. The number of hydrogen-bond donors (Lipinski definition) is 0. The zero-order valence-corrected chi connectivity index (χ0v) is 13.1. The number of carbonyl (C=O) groups excluding carboxylic acids is 3. The third kappa shape index (κ3) is 6.87. The molecule has 0 aromatic rings. The molecule has 0 heterocycles. The van der Waals surface area contributed by atoms with Gasteiger partial charge in [-0.15, -0.1) is 0 Å². The van der Waals surface area contributed by atoms with Crippen LogP contribution < -0.4 is 0 Å². The van der Waals surface area contributed by atoms with E-state index in [1.807, 2.05) is 0 Å². The molecular weight excluding hydrogens is 268 g/mol. The van der Waals surface area contributed by atoms with Crippen molar-refractivity contribution in [2.45, 2.75) is 64.7 Å². The summed E-state index contributed by atoms with van der Waals surface area (Å²) < 4.78 is 4.81. The van der Waals surface area contributed by atoms with E-state index in [0.29, 0.717) is 25.4 Å². The van der Waals surface area contributed by atoms with Gasteiger partial charge in [-0.3, -0.25) is 4.79 Å². The molecule has 4 nitrogen and oxygen atoms in total. The number of hydrogen-bond acceptors (Lipinski definition) is 4. The van der Waals surface area contributed by atoms with Gasteiger partial charge in [0.15, 0.2) is 0 Å². The van der Waals surface area contributed by atoms with Crippen molar-refractivity contribution in [2.24, 2.45) is 17.8 Å². The number of aldehydes is 2. The molecule has 4 heteroatoms. The Labute approximate surface area is 127 Å². The van der Waals surface area contributed by atoms with Gasteiger partial charge in [-0.2, -0.15) is 0 Å². The molecule has 120 valence electrons. The Kier molecular flexibility index (Phi) is 8.95. The molecule has 0 radical (unpaired) electrons. The molecule has 2 rings (SSSR count). The molecule has 1 atom stereocenters. The summed E-state index contributed by atoms with van der Waals surface area (Å²) in [6.45, 7) is 2.22. The topological polar surface area (TPSA) is 60.4 Å². The van der Waals surface area contributed by atoms with Gasteiger partial charge in [0, 0.05) is 18.8 Å². The minimum absolute atomic E-state index is 0.0770. The maximum atomic E-state index is 11.1. The van der Waals surface area contributed by atoms with E-state index < -0.39 is 0 Å². The van der Waals surface area contributed by atoms with Crippen LogP contribution in [0.3, 0.4) is 0 Å². The zero-order chi connectivity index (χ0) is 15.5. The van der Waals surface area contributed by atoms with Gasteiger partial charge >= 0.3 is 5.97 Å². The Bertz CT molecular complexity index is 319. The van der Waals surface area contributed by atoms with Gasteiger partial charge in [0.2, 0.25) is 0 Å². The van der Waals surface area contributed by atoms with Crippen molar-refractivity contribution in [3.05, 3.63) is 0 Å². The molecule has 0 aromatic carbocycles. The predicted molar refractivity (Wildman–Crippen MR) is 80.8 cm³/mol. The van der Waals surface area contributed by atoms with E-state index in [-0.39, 0.29) is 11.9 Å². The van der Waals surface area contributed by atoms with Crippen molar-refractivity contribution in [1.82, 2.24) is 0 Å². The van der Waals surface area contributed by atoms with E-state index in [4.69, 9.17) is 4.74 Å². The normalized spacial score (nSPS) is 19.3. The Morgan fingerprint density at radius 2 is 1.86 bits per heavy atom. The highest BCUT2D eigenvalue weighted by atomic mass is 16.5. The van der Waals surface area contributed by atoms with Crippen LogP contribution in [0, 0.1) is 17.8 Å². The number of carbonyl (C=O) groups is 3. The Balaban J connectivity index is 0.000000262. The standard InChI is InChI=1S/C11H18O3.C6H10O/c1-2-14-11(13)7-6-10(8-12)9-4-3-5-9;7-5-4-6-2-1-3-6/h8-10H,2-7H2,1H3;5-6H,1-4H2. The highest BCUT2D eigenvalue weighted by Crippen LogP contribution is 2.34. The first-order valence-corrected chi connectivity index (χ1v) is 8.25.